The van der Waals surface area contributed by atoms with Crippen LogP contribution in [0.15, 0.2) is 11.6 Å². The summed E-state index contributed by atoms with van der Waals surface area (Å²) in [5.74, 6) is 0.357. The van der Waals surface area contributed by atoms with E-state index in [4.69, 9.17) is 5.26 Å². The summed E-state index contributed by atoms with van der Waals surface area (Å²) in [4.78, 5) is 0. The summed E-state index contributed by atoms with van der Waals surface area (Å²) in [6.07, 6.45) is 2.76. The number of sulfone groups is 1. The van der Waals surface area contributed by atoms with Crippen LogP contribution in [0.1, 0.15) is 12.8 Å². The van der Waals surface area contributed by atoms with Crippen molar-refractivity contribution in [3.63, 3.8) is 0 Å². The fourth-order valence-electron chi connectivity index (χ4n) is 1.15. The average molecular weight is 171 g/mol. The van der Waals surface area contributed by atoms with Crippen molar-refractivity contribution in [2.75, 3.05) is 11.5 Å². The quantitative estimate of drug-likeness (QED) is 0.503. The van der Waals surface area contributed by atoms with E-state index >= 15 is 0 Å². The molecule has 0 radical (unpaired) electrons. The van der Waals surface area contributed by atoms with Crippen LogP contribution in [0.2, 0.25) is 0 Å². The van der Waals surface area contributed by atoms with Gasteiger partial charge in [0.2, 0.25) is 0 Å². The van der Waals surface area contributed by atoms with Gasteiger partial charge in [0.25, 0.3) is 0 Å². The Morgan fingerprint density at radius 3 is 2.82 bits per heavy atom. The van der Waals surface area contributed by atoms with Crippen molar-refractivity contribution >= 4 is 9.84 Å². The molecule has 0 spiro atoms. The molecule has 0 N–H and O–H groups in total. The minimum absolute atomic E-state index is 0.0839. The van der Waals surface area contributed by atoms with Crippen molar-refractivity contribution in [3.05, 3.63) is 11.6 Å². The molecular formula is C7H9NO2S. The van der Waals surface area contributed by atoms with Crippen LogP contribution in [0.25, 0.3) is 0 Å². The monoisotopic (exact) mass is 171 g/mol. The van der Waals surface area contributed by atoms with Gasteiger partial charge in [0.1, 0.15) is 0 Å². The Bertz CT molecular complexity index is 308. The van der Waals surface area contributed by atoms with Gasteiger partial charge in [0, 0.05) is 6.08 Å². The minimum atomic E-state index is -2.87. The number of allylic oxidation sites excluding steroid dienone is 1. The van der Waals surface area contributed by atoms with Gasteiger partial charge in [-0.1, -0.05) is 0 Å². The molecule has 1 aliphatic heterocycles. The molecule has 60 valence electrons. The number of nitriles is 1. The molecule has 0 bridgehead atoms. The second-order valence-electron chi connectivity index (χ2n) is 2.63. The number of hydrogen-bond acceptors (Lipinski definition) is 3. The zero-order valence-corrected chi connectivity index (χ0v) is 6.89. The molecule has 1 saturated heterocycles. The third kappa shape index (κ3) is 2.35. The van der Waals surface area contributed by atoms with E-state index in [2.05, 4.69) is 0 Å². The molecule has 1 aliphatic rings. The molecule has 0 aromatic rings. The van der Waals surface area contributed by atoms with Crippen LogP contribution in [0.4, 0.5) is 0 Å². The van der Waals surface area contributed by atoms with Crippen molar-refractivity contribution in [2.24, 2.45) is 0 Å². The minimum Gasteiger partial charge on any atom is -0.229 e. The van der Waals surface area contributed by atoms with E-state index in [0.717, 1.165) is 12.0 Å². The van der Waals surface area contributed by atoms with Gasteiger partial charge < -0.3 is 0 Å². The summed E-state index contributed by atoms with van der Waals surface area (Å²) in [7, 11) is -2.87. The summed E-state index contributed by atoms with van der Waals surface area (Å²) in [6, 6.07) is 1.85. The van der Waals surface area contributed by atoms with Gasteiger partial charge in [0.05, 0.1) is 17.6 Å². The summed E-state index contributed by atoms with van der Waals surface area (Å²) in [5.41, 5.74) is 0.749. The lowest BCUT2D eigenvalue weighted by molar-refractivity contribution is 0.589. The molecule has 0 aromatic carbocycles. The van der Waals surface area contributed by atoms with E-state index in [0.29, 0.717) is 6.42 Å². The molecule has 11 heavy (non-hydrogen) atoms. The van der Waals surface area contributed by atoms with Crippen LogP contribution in [0.3, 0.4) is 0 Å². The highest BCUT2D eigenvalue weighted by Gasteiger charge is 2.18. The van der Waals surface area contributed by atoms with E-state index < -0.39 is 9.84 Å². The first-order valence-corrected chi connectivity index (χ1v) is 5.24. The normalized spacial score (nSPS) is 26.3. The lowest BCUT2D eigenvalue weighted by atomic mass is 10.1. The molecular weight excluding hydrogens is 162 g/mol. The zero-order valence-electron chi connectivity index (χ0n) is 6.08. The molecule has 0 amide bonds. The first kappa shape index (κ1) is 8.28. The first-order valence-electron chi connectivity index (χ1n) is 3.42. The van der Waals surface area contributed by atoms with Gasteiger partial charge in [-0.3, -0.25) is 0 Å². The van der Waals surface area contributed by atoms with Crippen LogP contribution in [0.5, 0.6) is 0 Å². The SMILES string of the molecule is N#CC=C1CCCS(=O)(=O)C1. The van der Waals surface area contributed by atoms with Crippen LogP contribution in [0, 0.1) is 11.3 Å². The van der Waals surface area contributed by atoms with Crippen LogP contribution < -0.4 is 0 Å². The molecule has 0 aromatic heterocycles. The highest BCUT2D eigenvalue weighted by Crippen LogP contribution is 2.16. The van der Waals surface area contributed by atoms with Crippen LogP contribution >= 0.6 is 0 Å². The Hall–Kier alpha value is -0.820. The molecule has 4 heteroatoms. The molecule has 3 nitrogen and oxygen atoms in total. The van der Waals surface area contributed by atoms with E-state index in [-0.39, 0.29) is 11.5 Å². The van der Waals surface area contributed by atoms with Gasteiger partial charge in [-0.05, 0) is 18.4 Å². The second kappa shape index (κ2) is 3.05. The number of nitrogens with zero attached hydrogens (tertiary/aromatic N) is 1. The highest BCUT2D eigenvalue weighted by molar-refractivity contribution is 7.91. The Morgan fingerprint density at radius 2 is 2.27 bits per heavy atom. The molecule has 1 rings (SSSR count). The summed E-state index contributed by atoms with van der Waals surface area (Å²) in [5, 5.41) is 8.27. The van der Waals surface area contributed by atoms with E-state index in [9.17, 15) is 8.42 Å². The van der Waals surface area contributed by atoms with Crippen LogP contribution in [-0.2, 0) is 9.84 Å². The number of hydrogen-bond donors (Lipinski definition) is 0. The van der Waals surface area contributed by atoms with E-state index in [1.807, 2.05) is 6.07 Å². The van der Waals surface area contributed by atoms with Gasteiger partial charge in [-0.25, -0.2) is 8.42 Å². The molecule has 0 saturated carbocycles. The number of rotatable bonds is 0. The molecule has 0 unspecified atom stereocenters. The predicted molar refractivity (Wildman–Crippen MR) is 41.6 cm³/mol. The third-order valence-corrected chi connectivity index (χ3v) is 3.35. The van der Waals surface area contributed by atoms with Crippen molar-refractivity contribution in [1.82, 2.24) is 0 Å². The Labute approximate surface area is 66.3 Å². The maximum Gasteiger partial charge on any atom is 0.154 e. The van der Waals surface area contributed by atoms with E-state index in [1.165, 1.54) is 6.08 Å². The van der Waals surface area contributed by atoms with Crippen molar-refractivity contribution in [2.45, 2.75) is 12.8 Å². The fourth-order valence-corrected chi connectivity index (χ4v) is 2.67. The largest absolute Gasteiger partial charge is 0.229 e. The van der Waals surface area contributed by atoms with Gasteiger partial charge in [-0.2, -0.15) is 5.26 Å². The summed E-state index contributed by atoms with van der Waals surface area (Å²) < 4.78 is 22.0. The smallest absolute Gasteiger partial charge is 0.154 e. The Morgan fingerprint density at radius 1 is 1.55 bits per heavy atom. The van der Waals surface area contributed by atoms with Crippen molar-refractivity contribution in [3.8, 4) is 6.07 Å². The topological polar surface area (TPSA) is 57.9 Å². The first-order chi connectivity index (χ1) is 5.14. The molecule has 0 atom stereocenters. The molecule has 1 fully saturated rings. The third-order valence-electron chi connectivity index (χ3n) is 1.63. The Balaban J connectivity index is 2.78. The zero-order chi connectivity index (χ0) is 8.32. The summed E-state index contributed by atoms with van der Waals surface area (Å²) in [6.45, 7) is 0. The second-order valence-corrected chi connectivity index (χ2v) is 4.81. The standard InChI is InChI=1S/C7H9NO2S/c8-4-3-7-2-1-5-11(9,10)6-7/h3H,1-2,5-6H2. The van der Waals surface area contributed by atoms with Crippen molar-refractivity contribution < 1.29 is 8.42 Å². The fraction of sp³-hybridized carbons (Fsp3) is 0.571. The van der Waals surface area contributed by atoms with Gasteiger partial charge in [0.15, 0.2) is 9.84 Å². The maximum absolute atomic E-state index is 11.0. The lowest BCUT2D eigenvalue weighted by Crippen LogP contribution is -2.18. The maximum atomic E-state index is 11.0. The van der Waals surface area contributed by atoms with Crippen LogP contribution in [-0.4, -0.2) is 19.9 Å². The highest BCUT2D eigenvalue weighted by atomic mass is 32.2. The predicted octanol–water partition coefficient (Wildman–Crippen LogP) is 0.645. The van der Waals surface area contributed by atoms with Gasteiger partial charge >= 0.3 is 0 Å². The van der Waals surface area contributed by atoms with Crippen molar-refractivity contribution in [1.29, 1.82) is 5.26 Å². The summed E-state index contributed by atoms with van der Waals surface area (Å²) >= 11 is 0. The lowest BCUT2D eigenvalue weighted by Gasteiger charge is -2.12. The van der Waals surface area contributed by atoms with Gasteiger partial charge in [-0.15, -0.1) is 0 Å². The average Bonchev–Trinajstić information content (AvgIpc) is 1.85. The molecule has 1 heterocycles. The van der Waals surface area contributed by atoms with E-state index in [1.54, 1.807) is 0 Å². The Kier molecular flexibility index (Phi) is 2.30. The molecule has 0 aliphatic carbocycles.